The maximum atomic E-state index is 12.8. The summed E-state index contributed by atoms with van der Waals surface area (Å²) in [6, 6.07) is 10.7. The van der Waals surface area contributed by atoms with E-state index in [1.54, 1.807) is 0 Å². The Morgan fingerprint density at radius 3 is 2.73 bits per heavy atom. The number of tetrazole rings is 1. The molecule has 8 nitrogen and oxygen atoms in total. The van der Waals surface area contributed by atoms with E-state index >= 15 is 0 Å². The lowest BCUT2D eigenvalue weighted by atomic mass is 9.92. The fourth-order valence-corrected chi connectivity index (χ4v) is 4.41. The molecule has 30 heavy (non-hydrogen) atoms. The first kappa shape index (κ1) is 20.9. The predicted molar refractivity (Wildman–Crippen MR) is 113 cm³/mol. The minimum Gasteiger partial charge on any atom is -0.379 e. The topological polar surface area (TPSA) is 76.4 Å². The molecule has 3 heterocycles. The highest BCUT2D eigenvalue weighted by molar-refractivity contribution is 5.76. The van der Waals surface area contributed by atoms with E-state index in [1.165, 1.54) is 5.56 Å². The van der Waals surface area contributed by atoms with Crippen LogP contribution >= 0.6 is 0 Å². The summed E-state index contributed by atoms with van der Waals surface area (Å²) in [6.45, 7) is 6.47. The molecule has 0 spiro atoms. The van der Waals surface area contributed by atoms with Crippen LogP contribution in [0, 0.1) is 0 Å². The van der Waals surface area contributed by atoms with Crippen LogP contribution in [-0.2, 0) is 22.6 Å². The third-order valence-corrected chi connectivity index (χ3v) is 6.19. The van der Waals surface area contributed by atoms with Gasteiger partial charge in [0.05, 0.1) is 19.8 Å². The summed E-state index contributed by atoms with van der Waals surface area (Å²) in [5, 5.41) is 12.1. The van der Waals surface area contributed by atoms with E-state index in [0.29, 0.717) is 18.9 Å². The van der Waals surface area contributed by atoms with Crippen LogP contribution in [-0.4, -0.2) is 75.3 Å². The highest BCUT2D eigenvalue weighted by Crippen LogP contribution is 2.28. The predicted octanol–water partition coefficient (Wildman–Crippen LogP) is 2.08. The second-order valence-corrected chi connectivity index (χ2v) is 8.23. The van der Waals surface area contributed by atoms with Gasteiger partial charge < -0.3 is 9.64 Å². The zero-order valence-electron chi connectivity index (χ0n) is 17.7. The number of morpholine rings is 1. The Hall–Kier alpha value is -2.32. The Morgan fingerprint density at radius 1 is 1.07 bits per heavy atom. The van der Waals surface area contributed by atoms with Crippen molar-refractivity contribution in [2.45, 2.75) is 51.1 Å². The van der Waals surface area contributed by atoms with Crippen molar-refractivity contribution in [3.63, 3.8) is 0 Å². The lowest BCUT2D eigenvalue weighted by molar-refractivity contribution is -0.131. The van der Waals surface area contributed by atoms with Gasteiger partial charge in [0, 0.05) is 39.1 Å². The molecule has 0 saturated carbocycles. The van der Waals surface area contributed by atoms with Crippen LogP contribution in [0.3, 0.4) is 0 Å². The second-order valence-electron chi connectivity index (χ2n) is 8.23. The average molecular weight is 413 g/mol. The molecule has 2 aliphatic rings. The van der Waals surface area contributed by atoms with Gasteiger partial charge in [-0.2, -0.15) is 0 Å². The zero-order valence-corrected chi connectivity index (χ0v) is 17.7. The molecule has 0 bridgehead atoms. The van der Waals surface area contributed by atoms with Crippen molar-refractivity contribution in [1.29, 1.82) is 0 Å². The van der Waals surface area contributed by atoms with Gasteiger partial charge in [0.15, 0.2) is 5.82 Å². The Balaban J connectivity index is 1.22. The third kappa shape index (κ3) is 5.64. The largest absolute Gasteiger partial charge is 0.379 e. The second kappa shape index (κ2) is 10.6. The van der Waals surface area contributed by atoms with Crippen molar-refractivity contribution in [1.82, 2.24) is 30.0 Å². The van der Waals surface area contributed by atoms with Crippen LogP contribution < -0.4 is 0 Å². The van der Waals surface area contributed by atoms with Crippen molar-refractivity contribution >= 4 is 5.91 Å². The number of aryl methyl sites for hydroxylation is 1. The molecular weight excluding hydrogens is 380 g/mol. The lowest BCUT2D eigenvalue weighted by Gasteiger charge is -2.25. The molecule has 1 amide bonds. The van der Waals surface area contributed by atoms with Gasteiger partial charge in [-0.05, 0) is 47.6 Å². The number of carbonyl (C=O) groups is 1. The van der Waals surface area contributed by atoms with Gasteiger partial charge in [0.1, 0.15) is 0 Å². The summed E-state index contributed by atoms with van der Waals surface area (Å²) in [7, 11) is 0. The number of amides is 1. The fraction of sp³-hybridized carbons (Fsp3) is 0.636. The molecule has 0 unspecified atom stereocenters. The molecule has 1 aromatic carbocycles. The van der Waals surface area contributed by atoms with E-state index in [9.17, 15) is 4.79 Å². The van der Waals surface area contributed by atoms with Gasteiger partial charge >= 0.3 is 0 Å². The number of rotatable bonds is 7. The number of likely N-dealkylation sites (tertiary alicyclic amines) is 1. The van der Waals surface area contributed by atoms with Gasteiger partial charge in [-0.15, -0.1) is 5.10 Å². The van der Waals surface area contributed by atoms with Crippen LogP contribution in [0.1, 0.15) is 49.4 Å². The monoisotopic (exact) mass is 412 g/mol. The summed E-state index contributed by atoms with van der Waals surface area (Å²) >= 11 is 0. The van der Waals surface area contributed by atoms with Gasteiger partial charge in [0.25, 0.3) is 0 Å². The minimum atomic E-state index is 0.256. The zero-order chi connectivity index (χ0) is 20.6. The highest BCUT2D eigenvalue weighted by Gasteiger charge is 2.21. The van der Waals surface area contributed by atoms with E-state index in [0.717, 1.165) is 77.4 Å². The smallest absolute Gasteiger partial charge is 0.222 e. The van der Waals surface area contributed by atoms with E-state index in [1.807, 2.05) is 4.68 Å². The van der Waals surface area contributed by atoms with E-state index < -0.39 is 0 Å². The maximum absolute atomic E-state index is 12.8. The first-order chi connectivity index (χ1) is 14.8. The molecule has 2 saturated heterocycles. The summed E-state index contributed by atoms with van der Waals surface area (Å²) < 4.78 is 7.24. The number of aromatic nitrogens is 4. The van der Waals surface area contributed by atoms with Crippen molar-refractivity contribution in [2.24, 2.45) is 0 Å². The van der Waals surface area contributed by atoms with Crippen molar-refractivity contribution in [2.75, 3.05) is 39.4 Å². The molecule has 2 fully saturated rings. The fourth-order valence-electron chi connectivity index (χ4n) is 4.41. The van der Waals surface area contributed by atoms with Crippen LogP contribution in [0.2, 0.25) is 0 Å². The molecule has 8 heteroatoms. The van der Waals surface area contributed by atoms with E-state index in [-0.39, 0.29) is 5.91 Å². The van der Waals surface area contributed by atoms with E-state index in [2.05, 4.69) is 55.7 Å². The number of nitrogens with zero attached hydrogens (tertiary/aromatic N) is 6. The number of carbonyl (C=O) groups excluding carboxylic acids is 1. The Labute approximate surface area is 178 Å². The molecule has 1 atom stereocenters. The molecule has 1 aromatic heterocycles. The van der Waals surface area contributed by atoms with Crippen LogP contribution in [0.5, 0.6) is 0 Å². The molecule has 0 aliphatic carbocycles. The number of benzene rings is 1. The van der Waals surface area contributed by atoms with Gasteiger partial charge in [0.2, 0.25) is 5.91 Å². The van der Waals surface area contributed by atoms with Crippen molar-refractivity contribution < 1.29 is 9.53 Å². The standard InChI is InChI=1S/C22H32N6O2/c29-22(27-11-4-8-20(10-13-27)19-6-2-1-3-7-19)9-5-12-28-21(23-24-25-28)18-26-14-16-30-17-15-26/h1-3,6-7,20H,4-5,8-18H2/t20-/m0/s1. The minimum absolute atomic E-state index is 0.256. The molecule has 0 radical (unpaired) electrons. The SMILES string of the molecule is O=C(CCCn1nnnc1CN1CCOCC1)N1CCC[C@H](c2ccccc2)CC1. The summed E-state index contributed by atoms with van der Waals surface area (Å²) in [6.07, 6.45) is 4.59. The lowest BCUT2D eigenvalue weighted by Crippen LogP contribution is -2.36. The third-order valence-electron chi connectivity index (χ3n) is 6.19. The van der Waals surface area contributed by atoms with E-state index in [4.69, 9.17) is 4.74 Å². The Morgan fingerprint density at radius 2 is 1.90 bits per heavy atom. The molecule has 4 rings (SSSR count). The number of ether oxygens (including phenoxy) is 1. The summed E-state index contributed by atoms with van der Waals surface area (Å²) in [5.41, 5.74) is 1.40. The van der Waals surface area contributed by atoms with Crippen LogP contribution in [0.15, 0.2) is 30.3 Å². The maximum Gasteiger partial charge on any atom is 0.222 e. The van der Waals surface area contributed by atoms with Gasteiger partial charge in [-0.3, -0.25) is 9.69 Å². The molecule has 162 valence electrons. The number of hydrogen-bond donors (Lipinski definition) is 0. The van der Waals surface area contributed by atoms with Crippen LogP contribution in [0.4, 0.5) is 0 Å². The molecular formula is C22H32N6O2. The van der Waals surface area contributed by atoms with Crippen molar-refractivity contribution in [3.05, 3.63) is 41.7 Å². The summed E-state index contributed by atoms with van der Waals surface area (Å²) in [4.78, 5) is 17.1. The quantitative estimate of drug-likeness (QED) is 0.693. The first-order valence-corrected chi connectivity index (χ1v) is 11.2. The number of hydrogen-bond acceptors (Lipinski definition) is 6. The molecule has 0 N–H and O–H groups in total. The highest BCUT2D eigenvalue weighted by atomic mass is 16.5. The first-order valence-electron chi connectivity index (χ1n) is 11.2. The van der Waals surface area contributed by atoms with Crippen molar-refractivity contribution in [3.8, 4) is 0 Å². The molecule has 2 aliphatic heterocycles. The Bertz CT molecular complexity index is 790. The van der Waals surface area contributed by atoms with Gasteiger partial charge in [-0.1, -0.05) is 30.3 Å². The normalized spacial score (nSPS) is 20.8. The van der Waals surface area contributed by atoms with Gasteiger partial charge in [-0.25, -0.2) is 4.68 Å². The molecule has 2 aromatic rings. The van der Waals surface area contributed by atoms with Crippen LogP contribution in [0.25, 0.3) is 0 Å². The Kier molecular flexibility index (Phi) is 7.42. The average Bonchev–Trinajstić information content (AvgIpc) is 3.07. The summed E-state index contributed by atoms with van der Waals surface area (Å²) in [5.74, 6) is 1.68.